The minimum absolute atomic E-state index is 0.00495. The zero-order valence-electron chi connectivity index (χ0n) is 20.7. The molecule has 9 nitrogen and oxygen atoms in total. The van der Waals surface area contributed by atoms with Gasteiger partial charge < -0.3 is 14.0 Å². The first kappa shape index (κ1) is 26.8. The number of benzene rings is 3. The number of pyridine rings is 1. The fraction of sp³-hybridized carbons (Fsp3) is 0.111. The SMILES string of the molecule is COc1ccc(CN(c2ccon2)S(=O)(=O)c2ccc3c(ccc(=O)n3-c3cc(Cl)c(Br)cc3OC)c2)cc1. The van der Waals surface area contributed by atoms with Crippen molar-refractivity contribution in [3.8, 4) is 17.2 Å². The Labute approximate surface area is 237 Å². The Hall–Kier alpha value is -3.80. The van der Waals surface area contributed by atoms with Gasteiger partial charge in [-0.2, -0.15) is 0 Å². The molecule has 0 unspecified atom stereocenters. The lowest BCUT2D eigenvalue weighted by molar-refractivity contribution is 0.412. The van der Waals surface area contributed by atoms with Crippen molar-refractivity contribution in [2.24, 2.45) is 0 Å². The van der Waals surface area contributed by atoms with Crippen molar-refractivity contribution in [3.05, 3.63) is 104 Å². The minimum Gasteiger partial charge on any atom is -0.497 e. The highest BCUT2D eigenvalue weighted by Gasteiger charge is 2.28. The molecule has 5 aromatic rings. The Kier molecular flexibility index (Phi) is 7.39. The van der Waals surface area contributed by atoms with Gasteiger partial charge in [-0.25, -0.2) is 12.7 Å². The minimum atomic E-state index is -4.10. The molecular formula is C27H21BrClN3O6S. The topological polar surface area (TPSA) is 104 Å². The van der Waals surface area contributed by atoms with Crippen LogP contribution in [0, 0.1) is 0 Å². The Morgan fingerprint density at radius 1 is 1.00 bits per heavy atom. The second kappa shape index (κ2) is 10.8. The van der Waals surface area contributed by atoms with Gasteiger partial charge in [0.05, 0.1) is 41.9 Å². The van der Waals surface area contributed by atoms with E-state index in [0.29, 0.717) is 37.6 Å². The number of nitrogens with zero attached hydrogens (tertiary/aromatic N) is 3. The molecule has 2 aromatic heterocycles. The summed E-state index contributed by atoms with van der Waals surface area (Å²) in [5.41, 5.74) is 1.27. The number of anilines is 1. The zero-order chi connectivity index (χ0) is 27.7. The molecule has 0 bridgehead atoms. The van der Waals surface area contributed by atoms with E-state index >= 15 is 0 Å². The molecule has 2 heterocycles. The molecule has 5 rings (SSSR count). The number of hydrogen-bond acceptors (Lipinski definition) is 7. The summed E-state index contributed by atoms with van der Waals surface area (Å²) in [6.07, 6.45) is 1.31. The van der Waals surface area contributed by atoms with Crippen molar-refractivity contribution >= 4 is 54.3 Å². The predicted octanol–water partition coefficient (Wildman–Crippen LogP) is 5.81. The van der Waals surface area contributed by atoms with Gasteiger partial charge in [0.1, 0.15) is 17.8 Å². The molecule has 0 radical (unpaired) electrons. The van der Waals surface area contributed by atoms with Crippen molar-refractivity contribution in [2.45, 2.75) is 11.4 Å². The largest absolute Gasteiger partial charge is 0.497 e. The second-order valence-electron chi connectivity index (χ2n) is 8.38. The van der Waals surface area contributed by atoms with Crippen LogP contribution in [0.3, 0.4) is 0 Å². The van der Waals surface area contributed by atoms with Crippen molar-refractivity contribution in [3.63, 3.8) is 0 Å². The van der Waals surface area contributed by atoms with Crippen LogP contribution in [-0.2, 0) is 16.6 Å². The third-order valence-electron chi connectivity index (χ3n) is 6.08. The molecule has 0 saturated carbocycles. The number of hydrogen-bond donors (Lipinski definition) is 0. The number of aromatic nitrogens is 2. The molecular weight excluding hydrogens is 610 g/mol. The van der Waals surface area contributed by atoms with Gasteiger partial charge in [0.2, 0.25) is 0 Å². The number of halogens is 2. The average Bonchev–Trinajstić information content (AvgIpc) is 3.47. The van der Waals surface area contributed by atoms with Gasteiger partial charge >= 0.3 is 0 Å². The summed E-state index contributed by atoms with van der Waals surface area (Å²) < 4.78 is 46.7. The van der Waals surface area contributed by atoms with E-state index in [-0.39, 0.29) is 22.8 Å². The monoisotopic (exact) mass is 629 g/mol. The maximum atomic E-state index is 13.9. The summed E-state index contributed by atoms with van der Waals surface area (Å²) in [5.74, 6) is 1.19. The molecule has 0 N–H and O–H groups in total. The van der Waals surface area contributed by atoms with E-state index in [4.69, 9.17) is 25.6 Å². The molecule has 0 aliphatic heterocycles. The van der Waals surface area contributed by atoms with Crippen LogP contribution in [0.4, 0.5) is 5.82 Å². The molecule has 0 amide bonds. The van der Waals surface area contributed by atoms with Gasteiger partial charge in [0.15, 0.2) is 5.82 Å². The fourth-order valence-electron chi connectivity index (χ4n) is 4.14. The van der Waals surface area contributed by atoms with E-state index < -0.39 is 10.0 Å². The highest BCUT2D eigenvalue weighted by atomic mass is 79.9. The standard InChI is InChI=1S/C27H21BrClN3O6S/c1-36-19-6-3-17(4-7-19)16-31(26-11-12-38-30-26)39(34,35)20-8-9-23-18(13-20)5-10-27(33)32(23)24-15-22(29)21(28)14-25(24)37-2/h3-15H,16H2,1-2H3. The van der Waals surface area contributed by atoms with Crippen LogP contribution < -0.4 is 19.3 Å². The van der Waals surface area contributed by atoms with Crippen LogP contribution in [0.1, 0.15) is 5.56 Å². The molecule has 12 heteroatoms. The van der Waals surface area contributed by atoms with E-state index in [1.807, 2.05) is 0 Å². The molecule has 39 heavy (non-hydrogen) atoms. The Bertz CT molecular complexity index is 1820. The number of ether oxygens (including phenoxy) is 2. The third-order valence-corrected chi connectivity index (χ3v) is 9.02. The zero-order valence-corrected chi connectivity index (χ0v) is 23.8. The number of methoxy groups -OCH3 is 2. The average molecular weight is 631 g/mol. The molecule has 200 valence electrons. The Balaban J connectivity index is 1.62. The molecule has 0 spiro atoms. The highest BCUT2D eigenvalue weighted by molar-refractivity contribution is 9.10. The van der Waals surface area contributed by atoms with Gasteiger partial charge in [0, 0.05) is 22.0 Å². The number of sulfonamides is 1. The summed E-state index contributed by atoms with van der Waals surface area (Å²) in [6, 6.07) is 19.3. The first-order valence-corrected chi connectivity index (χ1v) is 14.1. The van der Waals surface area contributed by atoms with Gasteiger partial charge in [-0.3, -0.25) is 9.36 Å². The summed E-state index contributed by atoms with van der Waals surface area (Å²) in [7, 11) is -1.06. The van der Waals surface area contributed by atoms with E-state index in [2.05, 4.69) is 21.1 Å². The summed E-state index contributed by atoms with van der Waals surface area (Å²) >= 11 is 9.69. The molecule has 0 saturated heterocycles. The lowest BCUT2D eigenvalue weighted by Gasteiger charge is -2.22. The van der Waals surface area contributed by atoms with Gasteiger partial charge in [-0.1, -0.05) is 28.9 Å². The number of fused-ring (bicyclic) bond motifs is 1. The van der Waals surface area contributed by atoms with Crippen LogP contribution in [0.2, 0.25) is 5.02 Å². The van der Waals surface area contributed by atoms with Crippen LogP contribution in [0.5, 0.6) is 11.5 Å². The second-order valence-corrected chi connectivity index (χ2v) is 11.5. The molecule has 3 aromatic carbocycles. The summed E-state index contributed by atoms with van der Waals surface area (Å²) in [5, 5.41) is 4.77. The first-order chi connectivity index (χ1) is 18.7. The normalized spacial score (nSPS) is 11.5. The quantitative estimate of drug-likeness (QED) is 0.213. The van der Waals surface area contributed by atoms with E-state index in [0.717, 1.165) is 9.87 Å². The van der Waals surface area contributed by atoms with Crippen molar-refractivity contribution in [1.82, 2.24) is 9.72 Å². The fourth-order valence-corrected chi connectivity index (χ4v) is 6.05. The van der Waals surface area contributed by atoms with Crippen LogP contribution >= 0.6 is 27.5 Å². The van der Waals surface area contributed by atoms with Gasteiger partial charge in [-0.05, 0) is 70.0 Å². The van der Waals surface area contributed by atoms with Gasteiger partial charge in [-0.15, -0.1) is 0 Å². The maximum Gasteiger partial charge on any atom is 0.265 e. The highest BCUT2D eigenvalue weighted by Crippen LogP contribution is 2.34. The van der Waals surface area contributed by atoms with Gasteiger partial charge in [0.25, 0.3) is 15.6 Å². The molecule has 0 aliphatic carbocycles. The lowest BCUT2D eigenvalue weighted by atomic mass is 10.2. The lowest BCUT2D eigenvalue weighted by Crippen LogP contribution is -2.31. The van der Waals surface area contributed by atoms with E-state index in [9.17, 15) is 13.2 Å². The van der Waals surface area contributed by atoms with Crippen LogP contribution in [-0.4, -0.2) is 32.4 Å². The molecule has 0 atom stereocenters. The summed E-state index contributed by atoms with van der Waals surface area (Å²) in [6.45, 7) is 0.00495. The smallest absolute Gasteiger partial charge is 0.265 e. The summed E-state index contributed by atoms with van der Waals surface area (Å²) in [4.78, 5) is 13.0. The van der Waals surface area contributed by atoms with Crippen LogP contribution in [0.15, 0.2) is 97.7 Å². The van der Waals surface area contributed by atoms with Crippen LogP contribution in [0.25, 0.3) is 16.6 Å². The first-order valence-electron chi connectivity index (χ1n) is 11.5. The number of rotatable bonds is 8. The Morgan fingerprint density at radius 3 is 2.44 bits per heavy atom. The van der Waals surface area contributed by atoms with Crippen molar-refractivity contribution in [2.75, 3.05) is 18.5 Å². The Morgan fingerprint density at radius 2 is 1.77 bits per heavy atom. The predicted molar refractivity (Wildman–Crippen MR) is 152 cm³/mol. The molecule has 0 aliphatic rings. The van der Waals surface area contributed by atoms with E-state index in [1.54, 1.807) is 55.6 Å². The molecule has 0 fully saturated rings. The van der Waals surface area contributed by atoms with Crippen molar-refractivity contribution in [1.29, 1.82) is 0 Å². The third kappa shape index (κ3) is 5.12. The van der Waals surface area contributed by atoms with E-state index in [1.165, 1.54) is 42.2 Å². The van der Waals surface area contributed by atoms with Crippen molar-refractivity contribution < 1.29 is 22.4 Å². The maximum absolute atomic E-state index is 13.9.